The average Bonchev–Trinajstić information content (AvgIpc) is 1.61. The van der Waals surface area contributed by atoms with Crippen molar-refractivity contribution in [2.24, 2.45) is 0 Å². The number of benzene rings is 8. The zero-order valence-corrected chi connectivity index (χ0v) is 73.4. The molecular formula is C94H104N12O20S2. The van der Waals surface area contributed by atoms with Crippen molar-refractivity contribution in [3.8, 4) is 23.0 Å². The first kappa shape index (κ1) is 88.8. The highest BCUT2D eigenvalue weighted by atomic mass is 32.2. The van der Waals surface area contributed by atoms with E-state index in [0.717, 1.165) is 153 Å². The number of nitrogens with zero attached hydrogens (tertiary/aromatic N) is 10. The van der Waals surface area contributed by atoms with Crippen molar-refractivity contribution in [1.82, 2.24) is 59.5 Å². The highest BCUT2D eigenvalue weighted by Gasteiger charge is 2.38. The molecule has 8 heterocycles. The van der Waals surface area contributed by atoms with Crippen molar-refractivity contribution in [2.75, 3.05) is 170 Å². The van der Waals surface area contributed by atoms with Crippen LogP contribution in [0.2, 0.25) is 0 Å². The number of aromatic nitrogens is 4. The van der Waals surface area contributed by atoms with Crippen molar-refractivity contribution in [3.63, 3.8) is 0 Å². The van der Waals surface area contributed by atoms with E-state index in [1.165, 1.54) is 21.1 Å². The number of hydrogen-bond acceptors (Lipinski definition) is 30. The molecule has 0 unspecified atom stereocenters. The summed E-state index contributed by atoms with van der Waals surface area (Å²) in [6, 6.07) is 38.9. The average molecular weight is 1790 g/mol. The summed E-state index contributed by atoms with van der Waals surface area (Å²) in [6.07, 6.45) is 5.96. The lowest BCUT2D eigenvalue weighted by Gasteiger charge is -2.33. The largest absolute Gasteiger partial charge is 0.492 e. The Morgan fingerprint density at radius 2 is 0.555 bits per heavy atom. The number of carbonyl (C=O) groups is 8. The number of nitrogens with one attached hydrogen (secondary N) is 2. The highest BCUT2D eigenvalue weighted by Crippen LogP contribution is 2.43. The summed E-state index contributed by atoms with van der Waals surface area (Å²) in [5, 5.41) is 34.7. The van der Waals surface area contributed by atoms with Gasteiger partial charge in [-0.15, -0.1) is 0 Å². The van der Waals surface area contributed by atoms with Crippen LogP contribution in [-0.2, 0) is 58.4 Å². The van der Waals surface area contributed by atoms with Gasteiger partial charge >= 0.3 is 0 Å². The third-order valence-electron chi connectivity index (χ3n) is 25.7. The summed E-state index contributed by atoms with van der Waals surface area (Å²) in [5.74, 6) is 1.23. The lowest BCUT2D eigenvalue weighted by Crippen LogP contribution is -2.49. The van der Waals surface area contributed by atoms with Crippen LogP contribution in [0, 0.1) is 0 Å². The minimum absolute atomic E-state index is 0.00510. The van der Waals surface area contributed by atoms with Crippen molar-refractivity contribution in [1.29, 1.82) is 0 Å². The fraction of sp³-hybridized carbons (Fsp3) is 0.447. The van der Waals surface area contributed by atoms with Crippen LogP contribution in [0.15, 0.2) is 139 Å². The number of fused-ring (bicyclic) bond motifs is 12. The number of hydrogen-bond donors (Lipinski definition) is 2. The molecule has 4 saturated heterocycles. The van der Waals surface area contributed by atoms with E-state index in [1.807, 2.05) is 121 Å². The van der Waals surface area contributed by atoms with Crippen LogP contribution < -0.4 is 29.6 Å². The standard InChI is InChI=1S/2C24H27N3O6S.2C23H25N3O4/c2*1-34(30,31)27-10-8-26(9-11-27)12-13-32-18-4-6-19-16(14-18)2-7-22-23(19)24(25-33-22)20-5-3-17(28)15-21(20)29;2*27-16-2-4-19(20(28)14-16)23-22-18-5-3-17(13-15(18)1-6-21(22)30-25-23)29-12-11-26-9-7-24-8-10-26/h2*2,4,6-7,14,20H,3,5,8-13,15H2,1H3;2*1,3,5-6,13,19,24H,2,4,7-12,14H2/t2*20-;2*19-/m1010/s1. The van der Waals surface area contributed by atoms with Crippen LogP contribution in [0.1, 0.15) is 123 Å². The molecule has 0 amide bonds. The summed E-state index contributed by atoms with van der Waals surface area (Å²) in [5.41, 5.74) is 5.09. The molecule has 12 aromatic rings. The Labute approximate surface area is 738 Å². The van der Waals surface area contributed by atoms with Gasteiger partial charge in [-0.3, -0.25) is 58.0 Å². The molecule has 8 aliphatic rings. The zero-order valence-electron chi connectivity index (χ0n) is 71.8. The second-order valence-corrected chi connectivity index (χ2v) is 38.2. The normalized spacial score (nSPS) is 20.9. The SMILES string of the molecule is CS(=O)(=O)N1CCN(CCOc2ccc3c(ccc4onc([C@@H]5CCC(=O)CC5=O)c43)c2)CC1.CS(=O)(=O)N1CCN(CCOc2ccc3c(ccc4onc([C@H]5CCC(=O)CC5=O)c43)c2)CC1.O=C1CC[C@@H](c2noc3ccc4cc(OCCN5CCNCC5)ccc4c23)C(=O)C1.O=C1CC[C@H](c2noc3ccc4cc(OCCN5CCNCC5)ccc4c23)C(=O)C1. The Bertz CT molecular complexity index is 6070. The number of rotatable bonds is 22. The van der Waals surface area contributed by atoms with Crippen molar-refractivity contribution >= 4 is 153 Å². The summed E-state index contributed by atoms with van der Waals surface area (Å²) in [6.45, 7) is 18.7. The maximum absolute atomic E-state index is 12.5. The fourth-order valence-corrected chi connectivity index (χ4v) is 20.3. The molecule has 8 fully saturated rings. The molecule has 4 aliphatic heterocycles. The van der Waals surface area contributed by atoms with Crippen LogP contribution >= 0.6 is 0 Å². The monoisotopic (exact) mass is 1780 g/mol. The van der Waals surface area contributed by atoms with Crippen molar-refractivity contribution < 1.29 is 92.2 Å². The lowest BCUT2D eigenvalue weighted by atomic mass is 9.83. The van der Waals surface area contributed by atoms with E-state index in [9.17, 15) is 55.2 Å². The molecule has 2 N–H and O–H groups in total. The number of Topliss-reactive ketones (excluding diaryl/α,β-unsaturated/α-hetero) is 8. The van der Waals surface area contributed by atoms with E-state index in [4.69, 9.17) is 37.0 Å². The van der Waals surface area contributed by atoms with Gasteiger partial charge in [-0.1, -0.05) is 44.9 Å². The number of carbonyl (C=O) groups excluding carboxylic acids is 8. The number of sulfonamides is 2. The van der Waals surface area contributed by atoms with Crippen LogP contribution in [-0.4, -0.2) is 282 Å². The maximum Gasteiger partial charge on any atom is 0.211 e. The number of ether oxygens (including phenoxy) is 4. The van der Waals surface area contributed by atoms with Gasteiger partial charge in [0.15, 0.2) is 22.3 Å². The van der Waals surface area contributed by atoms with Gasteiger partial charge in [-0.2, -0.15) is 8.61 Å². The predicted molar refractivity (Wildman–Crippen MR) is 479 cm³/mol. The van der Waals surface area contributed by atoms with E-state index >= 15 is 0 Å². The maximum atomic E-state index is 12.5. The van der Waals surface area contributed by atoms with E-state index in [-0.39, 0.29) is 83.8 Å². The van der Waals surface area contributed by atoms with E-state index < -0.39 is 31.9 Å². The Balaban J connectivity index is 0.000000120. The number of ketones is 8. The summed E-state index contributed by atoms with van der Waals surface area (Å²) in [4.78, 5) is 106. The smallest absolute Gasteiger partial charge is 0.211 e. The van der Waals surface area contributed by atoms with Gasteiger partial charge in [-0.25, -0.2) is 16.8 Å². The summed E-state index contributed by atoms with van der Waals surface area (Å²) < 4.78 is 95.6. The van der Waals surface area contributed by atoms with E-state index in [1.54, 1.807) is 0 Å². The quantitative estimate of drug-likeness (QED) is 0.0595. The van der Waals surface area contributed by atoms with Gasteiger partial charge in [-0.05, 0) is 166 Å². The van der Waals surface area contributed by atoms with Gasteiger partial charge < -0.3 is 47.7 Å². The van der Waals surface area contributed by atoms with Crippen LogP contribution in [0.4, 0.5) is 0 Å². The van der Waals surface area contributed by atoms with Crippen LogP contribution in [0.25, 0.3) is 87.0 Å². The predicted octanol–water partition coefficient (Wildman–Crippen LogP) is 10.0. The molecule has 0 spiro atoms. The molecule has 8 aromatic carbocycles. The molecule has 20 rings (SSSR count). The molecule has 4 aromatic heterocycles. The first-order valence-corrected chi connectivity index (χ1v) is 47.8. The van der Waals surface area contributed by atoms with Crippen molar-refractivity contribution in [2.45, 2.75) is 101 Å². The van der Waals surface area contributed by atoms with Crippen LogP contribution in [0.3, 0.4) is 0 Å². The Morgan fingerprint density at radius 3 is 0.781 bits per heavy atom. The minimum Gasteiger partial charge on any atom is -0.492 e. The molecule has 672 valence electrons. The van der Waals surface area contributed by atoms with E-state index in [0.29, 0.717) is 188 Å². The molecular weight excluding hydrogens is 1680 g/mol. The molecule has 4 saturated carbocycles. The topological polar surface area (TPSA) is 389 Å². The third kappa shape index (κ3) is 20.6. The minimum atomic E-state index is -3.13. The molecule has 0 bridgehead atoms. The van der Waals surface area contributed by atoms with Crippen LogP contribution in [0.5, 0.6) is 23.0 Å². The number of piperazine rings is 4. The third-order valence-corrected chi connectivity index (χ3v) is 28.3. The fourth-order valence-electron chi connectivity index (χ4n) is 18.7. The van der Waals surface area contributed by atoms with Gasteiger partial charge in [0.25, 0.3) is 0 Å². The van der Waals surface area contributed by atoms with E-state index in [2.05, 4.69) is 50.9 Å². The van der Waals surface area contributed by atoms with Crippen molar-refractivity contribution in [3.05, 3.63) is 144 Å². The zero-order chi connectivity index (χ0) is 88.7. The second kappa shape index (κ2) is 39.4. The second-order valence-electron chi connectivity index (χ2n) is 34.2. The Morgan fingerprint density at radius 1 is 0.320 bits per heavy atom. The Hall–Kier alpha value is -11.2. The Kier molecular flexibility index (Phi) is 27.4. The summed E-state index contributed by atoms with van der Waals surface area (Å²) >= 11 is 0. The first-order valence-electron chi connectivity index (χ1n) is 44.1. The van der Waals surface area contributed by atoms with Gasteiger partial charge in [0.2, 0.25) is 20.0 Å². The van der Waals surface area contributed by atoms with Gasteiger partial charge in [0, 0.05) is 157 Å². The highest BCUT2D eigenvalue weighted by molar-refractivity contribution is 7.88. The van der Waals surface area contributed by atoms with Gasteiger partial charge in [0.1, 0.15) is 118 Å². The lowest BCUT2D eigenvalue weighted by molar-refractivity contribution is -0.132. The molecule has 0 radical (unpaired) electrons. The molecule has 34 heteroatoms. The molecule has 32 nitrogen and oxygen atoms in total. The molecule has 4 atom stereocenters. The molecule has 128 heavy (non-hydrogen) atoms. The summed E-state index contributed by atoms with van der Waals surface area (Å²) in [7, 11) is -6.26. The molecule has 4 aliphatic carbocycles. The first-order chi connectivity index (χ1) is 62.0. The van der Waals surface area contributed by atoms with Gasteiger partial charge in [0.05, 0.1) is 83.4 Å².